The number of carbonyl (C=O) groups is 1. The number of aromatic nitrogens is 2. The van der Waals surface area contributed by atoms with Gasteiger partial charge in [0.2, 0.25) is 11.8 Å². The summed E-state index contributed by atoms with van der Waals surface area (Å²) in [5, 5.41) is 11.2. The number of aryl methyl sites for hydroxylation is 1. The monoisotopic (exact) mass is 385 g/mol. The van der Waals surface area contributed by atoms with Gasteiger partial charge in [0, 0.05) is 17.3 Å². The van der Waals surface area contributed by atoms with Gasteiger partial charge in [-0.1, -0.05) is 30.0 Å². The normalized spacial score (nSPS) is 10.5. The summed E-state index contributed by atoms with van der Waals surface area (Å²) in [6.45, 7) is 1.94. The minimum Gasteiger partial charge on any atom is -0.497 e. The lowest BCUT2D eigenvalue weighted by molar-refractivity contribution is -0.113. The molecule has 0 bridgehead atoms. The van der Waals surface area contributed by atoms with Gasteiger partial charge in [-0.05, 0) is 30.7 Å². The number of ether oxygens (including phenoxy) is 2. The van der Waals surface area contributed by atoms with Gasteiger partial charge in [0.05, 0.1) is 20.0 Å². The van der Waals surface area contributed by atoms with Crippen LogP contribution in [0.25, 0.3) is 11.5 Å². The number of benzene rings is 2. The summed E-state index contributed by atoms with van der Waals surface area (Å²) in [4.78, 5) is 12.1. The first-order valence-corrected chi connectivity index (χ1v) is 9.13. The SMILES string of the molecule is COc1cc(OC)cc(-c2nnc(SCC(=O)Nc3ccccc3C)o2)c1. The lowest BCUT2D eigenvalue weighted by Crippen LogP contribution is -2.14. The number of thioether (sulfide) groups is 1. The Morgan fingerprint density at radius 1 is 1.11 bits per heavy atom. The Labute approximate surface area is 161 Å². The summed E-state index contributed by atoms with van der Waals surface area (Å²) < 4.78 is 16.1. The fraction of sp³-hybridized carbons (Fsp3) is 0.211. The van der Waals surface area contributed by atoms with Crippen molar-refractivity contribution in [1.29, 1.82) is 0 Å². The summed E-state index contributed by atoms with van der Waals surface area (Å²) in [5.74, 6) is 1.59. The number of hydrogen-bond donors (Lipinski definition) is 1. The molecule has 0 atom stereocenters. The first kappa shape index (κ1) is 18.8. The second-order valence-electron chi connectivity index (χ2n) is 5.63. The second-order valence-corrected chi connectivity index (χ2v) is 6.55. The fourth-order valence-electron chi connectivity index (χ4n) is 2.34. The molecule has 3 aromatic rings. The van der Waals surface area contributed by atoms with Crippen LogP contribution in [0.4, 0.5) is 5.69 Å². The van der Waals surface area contributed by atoms with Gasteiger partial charge in [0.1, 0.15) is 11.5 Å². The van der Waals surface area contributed by atoms with E-state index in [1.165, 1.54) is 11.8 Å². The Morgan fingerprint density at radius 3 is 2.48 bits per heavy atom. The van der Waals surface area contributed by atoms with Gasteiger partial charge >= 0.3 is 0 Å². The third-order valence-electron chi connectivity index (χ3n) is 3.75. The highest BCUT2D eigenvalue weighted by Gasteiger charge is 2.14. The van der Waals surface area contributed by atoms with E-state index in [0.717, 1.165) is 11.3 Å². The topological polar surface area (TPSA) is 86.5 Å². The molecule has 3 rings (SSSR count). The smallest absolute Gasteiger partial charge is 0.277 e. The molecule has 0 spiro atoms. The van der Waals surface area contributed by atoms with E-state index in [1.807, 2.05) is 31.2 Å². The molecule has 0 aliphatic carbocycles. The lowest BCUT2D eigenvalue weighted by Gasteiger charge is -2.06. The molecule has 0 radical (unpaired) electrons. The zero-order chi connectivity index (χ0) is 19.2. The number of amides is 1. The number of anilines is 1. The molecular weight excluding hydrogens is 366 g/mol. The average molecular weight is 385 g/mol. The minimum atomic E-state index is -0.142. The maximum Gasteiger partial charge on any atom is 0.277 e. The molecule has 140 valence electrons. The highest BCUT2D eigenvalue weighted by Crippen LogP contribution is 2.30. The molecule has 8 heteroatoms. The number of rotatable bonds is 7. The van der Waals surface area contributed by atoms with Gasteiger partial charge < -0.3 is 19.2 Å². The number of carbonyl (C=O) groups excluding carboxylic acids is 1. The molecule has 0 unspecified atom stereocenters. The van der Waals surface area contributed by atoms with Crippen molar-refractivity contribution in [2.45, 2.75) is 12.1 Å². The van der Waals surface area contributed by atoms with Crippen LogP contribution < -0.4 is 14.8 Å². The number of nitrogens with one attached hydrogen (secondary N) is 1. The van der Waals surface area contributed by atoms with Crippen molar-refractivity contribution in [2.24, 2.45) is 0 Å². The standard InChI is InChI=1S/C19H19N3O4S/c1-12-6-4-5-7-16(12)20-17(23)11-27-19-22-21-18(26-19)13-8-14(24-2)10-15(9-13)25-3/h4-10H,11H2,1-3H3,(H,20,23). The van der Waals surface area contributed by atoms with E-state index in [-0.39, 0.29) is 11.7 Å². The van der Waals surface area contributed by atoms with Crippen LogP contribution in [0.2, 0.25) is 0 Å². The Kier molecular flexibility index (Phi) is 5.97. The maximum absolute atomic E-state index is 12.1. The van der Waals surface area contributed by atoms with Gasteiger partial charge in [-0.15, -0.1) is 10.2 Å². The summed E-state index contributed by atoms with van der Waals surface area (Å²) >= 11 is 1.17. The molecule has 1 N–H and O–H groups in total. The predicted octanol–water partition coefficient (Wildman–Crippen LogP) is 3.79. The third kappa shape index (κ3) is 4.79. The highest BCUT2D eigenvalue weighted by molar-refractivity contribution is 7.99. The van der Waals surface area contributed by atoms with Crippen LogP contribution in [0.3, 0.4) is 0 Å². The molecule has 2 aromatic carbocycles. The van der Waals surface area contributed by atoms with E-state index in [4.69, 9.17) is 13.9 Å². The van der Waals surface area contributed by atoms with Crippen molar-refractivity contribution in [2.75, 3.05) is 25.3 Å². The van der Waals surface area contributed by atoms with E-state index in [0.29, 0.717) is 28.2 Å². The second kappa shape index (κ2) is 8.59. The Hall–Kier alpha value is -3.00. The van der Waals surface area contributed by atoms with Crippen LogP contribution in [0.5, 0.6) is 11.5 Å². The predicted molar refractivity (Wildman–Crippen MR) is 103 cm³/mol. The van der Waals surface area contributed by atoms with Gasteiger partial charge in [-0.2, -0.15) is 0 Å². The van der Waals surface area contributed by atoms with Crippen molar-refractivity contribution in [1.82, 2.24) is 10.2 Å². The molecule has 0 saturated heterocycles. The van der Waals surface area contributed by atoms with Gasteiger partial charge in [0.15, 0.2) is 0 Å². The minimum absolute atomic E-state index is 0.142. The highest BCUT2D eigenvalue weighted by atomic mass is 32.2. The third-order valence-corrected chi connectivity index (χ3v) is 4.57. The number of para-hydroxylation sites is 1. The molecule has 7 nitrogen and oxygen atoms in total. The number of nitrogens with zero attached hydrogens (tertiary/aromatic N) is 2. The molecular formula is C19H19N3O4S. The maximum atomic E-state index is 12.1. The summed E-state index contributed by atoms with van der Waals surface area (Å²) in [7, 11) is 3.14. The van der Waals surface area contributed by atoms with Crippen LogP contribution in [0.15, 0.2) is 52.1 Å². The molecule has 1 heterocycles. The molecule has 0 aliphatic heterocycles. The number of methoxy groups -OCH3 is 2. The van der Waals surface area contributed by atoms with E-state index in [1.54, 1.807) is 32.4 Å². The Morgan fingerprint density at radius 2 is 1.81 bits per heavy atom. The van der Waals surface area contributed by atoms with Crippen LogP contribution >= 0.6 is 11.8 Å². The van der Waals surface area contributed by atoms with Crippen LogP contribution in [-0.2, 0) is 4.79 Å². The van der Waals surface area contributed by atoms with E-state index >= 15 is 0 Å². The molecule has 0 aliphatic rings. The van der Waals surface area contributed by atoms with Crippen molar-refractivity contribution in [3.05, 3.63) is 48.0 Å². The molecule has 0 saturated carbocycles. The van der Waals surface area contributed by atoms with Crippen molar-refractivity contribution >= 4 is 23.4 Å². The van der Waals surface area contributed by atoms with Crippen LogP contribution in [-0.4, -0.2) is 36.1 Å². The van der Waals surface area contributed by atoms with Gasteiger partial charge in [-0.25, -0.2) is 0 Å². The first-order chi connectivity index (χ1) is 13.1. The largest absolute Gasteiger partial charge is 0.497 e. The molecule has 0 fully saturated rings. The van der Waals surface area contributed by atoms with Gasteiger partial charge in [0.25, 0.3) is 5.22 Å². The number of hydrogen-bond acceptors (Lipinski definition) is 7. The van der Waals surface area contributed by atoms with Crippen molar-refractivity contribution < 1.29 is 18.7 Å². The zero-order valence-corrected chi connectivity index (χ0v) is 16.0. The average Bonchev–Trinajstić information content (AvgIpc) is 3.17. The zero-order valence-electron chi connectivity index (χ0n) is 15.2. The van der Waals surface area contributed by atoms with Crippen LogP contribution in [0.1, 0.15) is 5.56 Å². The van der Waals surface area contributed by atoms with Crippen molar-refractivity contribution in [3.8, 4) is 23.0 Å². The Bertz CT molecular complexity index is 920. The molecule has 1 aromatic heterocycles. The van der Waals surface area contributed by atoms with Gasteiger partial charge in [-0.3, -0.25) is 4.79 Å². The summed E-state index contributed by atoms with van der Waals surface area (Å²) in [6.07, 6.45) is 0. The quantitative estimate of drug-likeness (QED) is 0.619. The lowest BCUT2D eigenvalue weighted by atomic mass is 10.2. The van der Waals surface area contributed by atoms with E-state index in [2.05, 4.69) is 15.5 Å². The summed E-state index contributed by atoms with van der Waals surface area (Å²) in [5.41, 5.74) is 2.47. The Balaban J connectivity index is 1.64. The van der Waals surface area contributed by atoms with Crippen LogP contribution in [0, 0.1) is 6.92 Å². The molecule has 27 heavy (non-hydrogen) atoms. The fourth-order valence-corrected chi connectivity index (χ4v) is 2.91. The summed E-state index contributed by atoms with van der Waals surface area (Å²) in [6, 6.07) is 12.9. The van der Waals surface area contributed by atoms with E-state index < -0.39 is 0 Å². The molecule has 1 amide bonds. The van der Waals surface area contributed by atoms with E-state index in [9.17, 15) is 4.79 Å². The first-order valence-electron chi connectivity index (χ1n) is 8.14. The van der Waals surface area contributed by atoms with Crippen molar-refractivity contribution in [3.63, 3.8) is 0 Å².